The molecule has 1 aromatic carbocycles. The number of hydrogen-bond acceptors (Lipinski definition) is 5. The predicted molar refractivity (Wildman–Crippen MR) is 88.4 cm³/mol. The first-order chi connectivity index (χ1) is 11.2. The largest absolute Gasteiger partial charge is 0.446 e. The summed E-state index contributed by atoms with van der Waals surface area (Å²) in [4.78, 5) is 36.4. The number of amides is 3. The van der Waals surface area contributed by atoms with Gasteiger partial charge in [-0.1, -0.05) is 19.1 Å². The highest BCUT2D eigenvalue weighted by Crippen LogP contribution is 2.09. The Balaban J connectivity index is 2.98. The highest BCUT2D eigenvalue weighted by atomic mass is 16.6. The van der Waals surface area contributed by atoms with E-state index in [1.165, 1.54) is 0 Å². The van der Waals surface area contributed by atoms with Crippen LogP contribution in [0.25, 0.3) is 0 Å². The van der Waals surface area contributed by atoms with Crippen LogP contribution >= 0.6 is 0 Å². The highest BCUT2D eigenvalue weighted by molar-refractivity contribution is 6.03. The maximum atomic E-state index is 12.5. The summed E-state index contributed by atoms with van der Waals surface area (Å²) in [6.07, 6.45) is -1.91. The summed E-state index contributed by atoms with van der Waals surface area (Å²) in [5, 5.41) is 0.520. The Bertz CT molecular complexity index is 581. The third-order valence-electron chi connectivity index (χ3n) is 2.88. The Morgan fingerprint density at radius 1 is 1.00 bits per heavy atom. The molecule has 0 saturated carbocycles. The second kappa shape index (κ2) is 8.90. The number of ether oxygens (including phenoxy) is 2. The van der Waals surface area contributed by atoms with Gasteiger partial charge in [0.05, 0.1) is 12.2 Å². The number of rotatable bonds is 4. The number of carbonyl (C=O) groups excluding carboxylic acids is 3. The number of aryl methyl sites for hydroxylation is 1. The minimum absolute atomic E-state index is 0.248. The lowest BCUT2D eigenvalue weighted by atomic mass is 10.1. The van der Waals surface area contributed by atoms with Gasteiger partial charge >= 0.3 is 12.2 Å². The summed E-state index contributed by atoms with van der Waals surface area (Å²) in [7, 11) is 0. The third-order valence-corrected chi connectivity index (χ3v) is 2.88. The van der Waals surface area contributed by atoms with E-state index in [4.69, 9.17) is 9.47 Å². The van der Waals surface area contributed by atoms with E-state index in [0.717, 1.165) is 12.0 Å². The van der Waals surface area contributed by atoms with Gasteiger partial charge in [-0.2, -0.15) is 0 Å². The smallest absolute Gasteiger partial charge is 0.436 e. The Morgan fingerprint density at radius 2 is 1.54 bits per heavy atom. The molecule has 0 spiro atoms. The Labute approximate surface area is 141 Å². The van der Waals surface area contributed by atoms with Crippen LogP contribution in [-0.2, 0) is 15.9 Å². The molecule has 7 nitrogen and oxygen atoms in total. The lowest BCUT2D eigenvalue weighted by Crippen LogP contribution is -2.51. The molecule has 3 amide bonds. The molecule has 0 fully saturated rings. The first-order valence-corrected chi connectivity index (χ1v) is 7.85. The number of nitrogens with zero attached hydrogens (tertiary/aromatic N) is 1. The lowest BCUT2D eigenvalue weighted by Gasteiger charge is -2.22. The summed E-state index contributed by atoms with van der Waals surface area (Å²) >= 11 is 0. The molecular weight excluding hydrogens is 312 g/mol. The van der Waals surface area contributed by atoms with Crippen molar-refractivity contribution in [3.63, 3.8) is 0 Å². The van der Waals surface area contributed by atoms with E-state index in [0.29, 0.717) is 5.01 Å². The van der Waals surface area contributed by atoms with E-state index < -0.39 is 30.3 Å². The first-order valence-electron chi connectivity index (χ1n) is 7.85. The van der Waals surface area contributed by atoms with Gasteiger partial charge in [0, 0.05) is 5.56 Å². The second-order valence-corrected chi connectivity index (χ2v) is 5.69. The lowest BCUT2D eigenvalue weighted by molar-refractivity contribution is 0.0383. The number of carbonyl (C=O) groups is 3. The molecule has 0 unspecified atom stereocenters. The monoisotopic (exact) mass is 336 g/mol. The molecule has 24 heavy (non-hydrogen) atoms. The standard InChI is InChI=1S/C17H24N2O5/c1-6-13-7-9-14(10-8-13)15(20)19(17(22)24-12(4)5)18-16(21)23-11(2)3/h7-12H,6H2,1-5H3,(H,18,21). The fourth-order valence-corrected chi connectivity index (χ4v) is 1.78. The van der Waals surface area contributed by atoms with Crippen LogP contribution < -0.4 is 5.43 Å². The molecule has 0 heterocycles. The van der Waals surface area contributed by atoms with Crippen molar-refractivity contribution in [2.45, 2.75) is 53.2 Å². The highest BCUT2D eigenvalue weighted by Gasteiger charge is 2.28. The van der Waals surface area contributed by atoms with Gasteiger partial charge in [0.15, 0.2) is 0 Å². The summed E-state index contributed by atoms with van der Waals surface area (Å²) in [6, 6.07) is 6.75. The fraction of sp³-hybridized carbons (Fsp3) is 0.471. The van der Waals surface area contributed by atoms with Crippen molar-refractivity contribution in [1.29, 1.82) is 0 Å². The number of imide groups is 1. The Morgan fingerprint density at radius 3 is 2.00 bits per heavy atom. The van der Waals surface area contributed by atoms with Gasteiger partial charge in [0.1, 0.15) is 0 Å². The zero-order valence-corrected chi connectivity index (χ0v) is 14.7. The molecule has 1 N–H and O–H groups in total. The van der Waals surface area contributed by atoms with E-state index in [2.05, 4.69) is 5.43 Å². The van der Waals surface area contributed by atoms with E-state index >= 15 is 0 Å². The van der Waals surface area contributed by atoms with Crippen molar-refractivity contribution < 1.29 is 23.9 Å². The second-order valence-electron chi connectivity index (χ2n) is 5.69. The van der Waals surface area contributed by atoms with Gasteiger partial charge in [0.25, 0.3) is 5.91 Å². The molecule has 0 aromatic heterocycles. The average molecular weight is 336 g/mol. The number of nitrogens with one attached hydrogen (secondary N) is 1. The maximum absolute atomic E-state index is 12.5. The number of hydrazine groups is 1. The molecule has 0 aliphatic carbocycles. The van der Waals surface area contributed by atoms with Crippen LogP contribution in [0.2, 0.25) is 0 Å². The van der Waals surface area contributed by atoms with E-state index in [9.17, 15) is 14.4 Å². The summed E-state index contributed by atoms with van der Waals surface area (Å²) in [5.74, 6) is -0.705. The molecule has 132 valence electrons. The SMILES string of the molecule is CCc1ccc(C(=O)N(NC(=O)OC(C)C)C(=O)OC(C)C)cc1. The van der Waals surface area contributed by atoms with E-state index in [1.54, 1.807) is 52.0 Å². The quantitative estimate of drug-likeness (QED) is 0.853. The molecule has 1 rings (SSSR count). The molecule has 1 aromatic rings. The van der Waals surface area contributed by atoms with Gasteiger partial charge in [-0.05, 0) is 51.8 Å². The Hall–Kier alpha value is -2.57. The van der Waals surface area contributed by atoms with Gasteiger partial charge in [-0.25, -0.2) is 15.0 Å². The minimum Gasteiger partial charge on any atom is -0.446 e. The summed E-state index contributed by atoms with van der Waals surface area (Å²) < 4.78 is 9.91. The zero-order valence-electron chi connectivity index (χ0n) is 14.7. The van der Waals surface area contributed by atoms with Crippen LogP contribution in [0.3, 0.4) is 0 Å². The van der Waals surface area contributed by atoms with Gasteiger partial charge in [0.2, 0.25) is 0 Å². The van der Waals surface area contributed by atoms with Crippen molar-refractivity contribution in [2.75, 3.05) is 0 Å². The van der Waals surface area contributed by atoms with Crippen LogP contribution in [0.4, 0.5) is 9.59 Å². The maximum Gasteiger partial charge on any atom is 0.436 e. The van der Waals surface area contributed by atoms with Gasteiger partial charge < -0.3 is 9.47 Å². The van der Waals surface area contributed by atoms with E-state index in [-0.39, 0.29) is 5.56 Å². The molecule has 0 atom stereocenters. The van der Waals surface area contributed by atoms with Crippen molar-refractivity contribution in [3.05, 3.63) is 35.4 Å². The number of hydrogen-bond donors (Lipinski definition) is 1. The zero-order chi connectivity index (χ0) is 18.3. The molecular formula is C17H24N2O5. The minimum atomic E-state index is -0.977. The fourth-order valence-electron chi connectivity index (χ4n) is 1.78. The summed E-state index contributed by atoms with van der Waals surface area (Å²) in [5.41, 5.74) is 3.43. The predicted octanol–water partition coefficient (Wildman–Crippen LogP) is 3.29. The van der Waals surface area contributed by atoms with E-state index in [1.807, 2.05) is 6.92 Å². The van der Waals surface area contributed by atoms with Crippen molar-refractivity contribution in [2.24, 2.45) is 0 Å². The van der Waals surface area contributed by atoms with Crippen LogP contribution in [0.5, 0.6) is 0 Å². The van der Waals surface area contributed by atoms with Gasteiger partial charge in [-0.3, -0.25) is 4.79 Å². The van der Waals surface area contributed by atoms with Crippen molar-refractivity contribution in [3.8, 4) is 0 Å². The normalized spacial score (nSPS) is 10.5. The average Bonchev–Trinajstić information content (AvgIpc) is 2.50. The van der Waals surface area contributed by atoms with Crippen LogP contribution in [0.1, 0.15) is 50.5 Å². The number of benzene rings is 1. The van der Waals surface area contributed by atoms with Crippen molar-refractivity contribution in [1.82, 2.24) is 10.4 Å². The molecule has 0 radical (unpaired) electrons. The third kappa shape index (κ3) is 5.91. The van der Waals surface area contributed by atoms with Crippen LogP contribution in [0, 0.1) is 0 Å². The topological polar surface area (TPSA) is 84.9 Å². The molecule has 0 bridgehead atoms. The molecule has 0 aliphatic heterocycles. The van der Waals surface area contributed by atoms with Gasteiger partial charge in [-0.15, -0.1) is 5.01 Å². The summed E-state index contributed by atoms with van der Waals surface area (Å²) in [6.45, 7) is 8.59. The first kappa shape index (κ1) is 19.5. The van der Waals surface area contributed by atoms with Crippen molar-refractivity contribution >= 4 is 18.1 Å². The molecule has 7 heteroatoms. The Kier molecular flexibility index (Phi) is 7.23. The van der Waals surface area contributed by atoms with Crippen LogP contribution in [-0.4, -0.2) is 35.3 Å². The molecule has 0 aliphatic rings. The molecule has 0 saturated heterocycles. The van der Waals surface area contributed by atoms with Crippen LogP contribution in [0.15, 0.2) is 24.3 Å².